The highest BCUT2D eigenvalue weighted by Gasteiger charge is 1.41. The van der Waals surface area contributed by atoms with E-state index < -0.39 is 0 Å². The zero-order chi connectivity index (χ0) is 2.71. The highest BCUT2D eigenvalue weighted by Crippen LogP contribution is 1.49. The summed E-state index contributed by atoms with van der Waals surface area (Å²) in [5, 5.41) is 1.39. The number of hydrogen-bond acceptors (Lipinski definition) is 0. The van der Waals surface area contributed by atoms with Gasteiger partial charge in [0.1, 0.15) is 0 Å². The molecule has 0 unspecified atom stereocenters. The average Bonchev–Trinajstić information content (AvgIpc) is 0.918. The molecule has 0 amide bonds. The molecule has 0 fully saturated rings. The van der Waals surface area contributed by atoms with Crippen LogP contribution in [-0.4, -0.2) is 16.3 Å². The van der Waals surface area contributed by atoms with Crippen LogP contribution in [0.1, 0.15) is 6.92 Å². The number of halogens is 5. The molecule has 0 heterocycles. The predicted octanol–water partition coefficient (Wildman–Crippen LogP) is 2.17. The quantitative estimate of drug-likeness (QED) is 0.569. The van der Waals surface area contributed by atoms with Crippen molar-refractivity contribution in [3.63, 3.8) is 0 Å². The maximum Gasteiger partial charge on any atom is 0.211 e. The van der Waals surface area contributed by atoms with Crippen LogP contribution in [0.4, 0.5) is 0 Å². The van der Waals surface area contributed by atoms with Crippen molar-refractivity contribution < 1.29 is 0 Å². The van der Waals surface area contributed by atoms with E-state index in [0.29, 0.717) is 0 Å². The molecule has 0 spiro atoms. The largest absolute Gasteiger partial charge is 0.211 e. The van der Waals surface area contributed by atoms with Gasteiger partial charge in [-0.3, -0.25) is 0 Å². The highest BCUT2D eigenvalue weighted by atomic mass is 35.5. The third kappa shape index (κ3) is 99.0. The van der Waals surface area contributed by atoms with Crippen molar-refractivity contribution in [3.05, 3.63) is 0 Å². The van der Waals surface area contributed by atoms with Gasteiger partial charge < -0.3 is 0 Å². The van der Waals surface area contributed by atoms with Crippen LogP contribution in [0.3, 0.4) is 0 Å². The molecule has 0 aliphatic carbocycles. The summed E-state index contributed by atoms with van der Waals surface area (Å²) in [5.74, 6) is 0. The molecular formula is C2H12AlCl5. The molecule has 0 nitrogen and oxygen atoms in total. The van der Waals surface area contributed by atoms with Crippen LogP contribution in [0, 0.1) is 0 Å². The van der Waals surface area contributed by atoms with Crippen LogP contribution in [0.2, 0.25) is 5.28 Å². The Bertz CT molecular complexity index is 10.4. The summed E-state index contributed by atoms with van der Waals surface area (Å²) < 4.78 is 0. The van der Waals surface area contributed by atoms with Gasteiger partial charge >= 0.3 is 0 Å². The van der Waals surface area contributed by atoms with E-state index in [2.05, 4.69) is 6.92 Å². The lowest BCUT2D eigenvalue weighted by Gasteiger charge is -1.44. The first kappa shape index (κ1) is 50.8. The van der Waals surface area contributed by atoms with Crippen molar-refractivity contribution in [2.24, 2.45) is 0 Å². The van der Waals surface area contributed by atoms with E-state index in [1.54, 1.807) is 0 Å². The maximum absolute atomic E-state index is 2.19. The normalized spacial score (nSPS) is 2.12. The van der Waals surface area contributed by atoms with Crippen molar-refractivity contribution >= 4 is 78.3 Å². The van der Waals surface area contributed by atoms with Crippen molar-refractivity contribution in [3.8, 4) is 0 Å². The third-order valence-electron chi connectivity index (χ3n) is 0. The fourth-order valence-corrected chi connectivity index (χ4v) is 0. The van der Waals surface area contributed by atoms with Gasteiger partial charge in [-0.1, -0.05) is 6.92 Å². The van der Waals surface area contributed by atoms with Crippen molar-refractivity contribution in [1.29, 1.82) is 0 Å². The van der Waals surface area contributed by atoms with Gasteiger partial charge in [-0.05, 0) is 0 Å². The van der Waals surface area contributed by atoms with Gasteiger partial charge in [-0.2, -0.15) is 0 Å². The van der Waals surface area contributed by atoms with Gasteiger partial charge in [0.25, 0.3) is 0 Å². The molecule has 0 aromatic heterocycles. The Hall–Kier alpha value is 1.98. The fourth-order valence-electron chi connectivity index (χ4n) is 0. The Morgan fingerprint density at radius 2 is 0.875 bits per heavy atom. The van der Waals surface area contributed by atoms with Crippen molar-refractivity contribution in [2.45, 2.75) is 12.2 Å². The molecule has 0 rings (SSSR count). The van der Waals surface area contributed by atoms with Crippen LogP contribution in [-0.2, 0) is 0 Å². The van der Waals surface area contributed by atoms with Gasteiger partial charge in [0.2, 0.25) is 16.3 Å². The molecule has 0 atom stereocenters. The Kier molecular flexibility index (Phi) is 408. The molecule has 0 radical (unpaired) electrons. The third-order valence-corrected chi connectivity index (χ3v) is 0. The Morgan fingerprint density at radius 3 is 0.875 bits per heavy atom. The van der Waals surface area contributed by atoms with Crippen LogP contribution in [0.15, 0.2) is 0 Å². The lowest BCUT2D eigenvalue weighted by molar-refractivity contribution is 1.48. The molecule has 0 aromatic rings. The van der Waals surface area contributed by atoms with Gasteiger partial charge in [-0.25, -0.2) is 0 Å². The minimum atomic E-state index is 0. The predicted molar refractivity (Wildman–Crippen MR) is 55.3 cm³/mol. The highest BCUT2D eigenvalue weighted by molar-refractivity contribution is 6.08. The summed E-state index contributed by atoms with van der Waals surface area (Å²) in [6.07, 6.45) is 0. The van der Waals surface area contributed by atoms with E-state index in [1.807, 2.05) is 0 Å². The molecule has 0 saturated carbocycles. The second-order valence-corrected chi connectivity index (χ2v) is 2.12. The van der Waals surface area contributed by atoms with E-state index in [0.717, 1.165) is 0 Å². The van der Waals surface area contributed by atoms with E-state index in [1.165, 1.54) is 21.6 Å². The molecular weight excluding hydrogens is 228 g/mol. The molecule has 0 aliphatic heterocycles. The Morgan fingerprint density at radius 1 is 0.875 bits per heavy atom. The second-order valence-electron chi connectivity index (χ2n) is 0.707. The summed E-state index contributed by atoms with van der Waals surface area (Å²) in [6, 6.07) is 0. The standard InChI is InChI=1S/C2H5.Al.5ClH.2H/c1-2;;;;;;;;/h1H2,2H3;;5*1H;;. The summed E-state index contributed by atoms with van der Waals surface area (Å²) in [4.78, 5) is 0. The molecule has 6 heteroatoms. The zero-order valence-corrected chi connectivity index (χ0v) is 10.8. The van der Waals surface area contributed by atoms with Crippen molar-refractivity contribution in [1.82, 2.24) is 0 Å². The molecule has 0 aromatic carbocycles. The summed E-state index contributed by atoms with van der Waals surface area (Å²) in [7, 11) is 0. The SMILES string of the molecule is C[CH2][AlH2].Cl.Cl.Cl.Cl.Cl. The molecule has 0 bridgehead atoms. The Balaban J connectivity index is -0.00000000200. The summed E-state index contributed by atoms with van der Waals surface area (Å²) in [5.41, 5.74) is 0. The lowest BCUT2D eigenvalue weighted by Crippen LogP contribution is -1.41. The molecule has 0 saturated heterocycles. The van der Waals surface area contributed by atoms with Gasteiger partial charge in [0.15, 0.2) is 0 Å². The molecule has 58 valence electrons. The minimum Gasteiger partial charge on any atom is -0.147 e. The van der Waals surface area contributed by atoms with Gasteiger partial charge in [0.05, 0.1) is 0 Å². The average molecular weight is 240 g/mol. The van der Waals surface area contributed by atoms with Crippen LogP contribution in [0.25, 0.3) is 0 Å². The topological polar surface area (TPSA) is 0 Å². The van der Waals surface area contributed by atoms with E-state index >= 15 is 0 Å². The Labute approximate surface area is 90.0 Å². The first-order valence-electron chi connectivity index (χ1n) is 1.41. The summed E-state index contributed by atoms with van der Waals surface area (Å²) in [6.45, 7) is 2.19. The first-order chi connectivity index (χ1) is 1.41. The molecule has 0 N–H and O–H groups in total. The van der Waals surface area contributed by atoms with E-state index in [-0.39, 0.29) is 62.0 Å². The monoisotopic (exact) mass is 238 g/mol. The van der Waals surface area contributed by atoms with Crippen LogP contribution >= 0.6 is 62.0 Å². The second kappa shape index (κ2) is 64.3. The maximum atomic E-state index is 2.19. The van der Waals surface area contributed by atoms with E-state index in [4.69, 9.17) is 0 Å². The van der Waals surface area contributed by atoms with Crippen LogP contribution in [0.5, 0.6) is 0 Å². The number of hydrogen-bond donors (Lipinski definition) is 0. The van der Waals surface area contributed by atoms with Crippen molar-refractivity contribution in [2.75, 3.05) is 0 Å². The minimum absolute atomic E-state index is 0. The fraction of sp³-hybridized carbons (Fsp3) is 1.00. The smallest absolute Gasteiger partial charge is 0.147 e. The van der Waals surface area contributed by atoms with E-state index in [9.17, 15) is 0 Å². The zero-order valence-electron chi connectivity index (χ0n) is 4.75. The van der Waals surface area contributed by atoms with Gasteiger partial charge in [-0.15, -0.1) is 67.3 Å². The lowest BCUT2D eigenvalue weighted by atomic mass is 11.0. The molecule has 8 heavy (non-hydrogen) atoms. The first-order valence-corrected chi connectivity index (χ1v) is 2.83. The van der Waals surface area contributed by atoms with Gasteiger partial charge in [0, 0.05) is 0 Å². The molecule has 0 aliphatic rings. The van der Waals surface area contributed by atoms with Crippen LogP contribution < -0.4 is 0 Å². The number of rotatable bonds is 0. The summed E-state index contributed by atoms with van der Waals surface area (Å²) >= 11 is 1.37.